The van der Waals surface area contributed by atoms with E-state index in [9.17, 15) is 14.4 Å². The van der Waals surface area contributed by atoms with Gasteiger partial charge in [-0.2, -0.15) is 0 Å². The Hall–Kier alpha value is -2.47. The summed E-state index contributed by atoms with van der Waals surface area (Å²) in [5.74, 6) is 0.437. The quantitative estimate of drug-likeness (QED) is 0.824. The van der Waals surface area contributed by atoms with E-state index in [1.165, 1.54) is 13.0 Å². The summed E-state index contributed by atoms with van der Waals surface area (Å²) in [6.45, 7) is 4.96. The molecule has 1 N–H and O–H groups in total. The molecule has 0 radical (unpaired) electrons. The highest BCUT2D eigenvalue weighted by atomic mass is 16.3. The molecule has 0 bridgehead atoms. The molecule has 0 aliphatic carbocycles. The molecule has 4 rings (SSSR count). The van der Waals surface area contributed by atoms with Crippen molar-refractivity contribution in [2.75, 3.05) is 20.1 Å². The van der Waals surface area contributed by atoms with Crippen LogP contribution in [0.3, 0.4) is 0 Å². The van der Waals surface area contributed by atoms with Crippen molar-refractivity contribution < 1.29 is 14.0 Å². The average Bonchev–Trinajstić information content (AvgIpc) is 2.87. The molecule has 6 nitrogen and oxygen atoms in total. The number of ketones is 1. The van der Waals surface area contributed by atoms with Crippen LogP contribution in [0.2, 0.25) is 0 Å². The second kappa shape index (κ2) is 6.30. The number of carbonyl (C=O) groups excluding carboxylic acids is 2. The Balaban J connectivity index is 1.84. The molecule has 1 amide bonds. The monoisotopic (exact) mass is 368 g/mol. The lowest BCUT2D eigenvalue weighted by molar-refractivity contribution is -0.136. The van der Waals surface area contributed by atoms with Gasteiger partial charge in [-0.25, -0.2) is 0 Å². The van der Waals surface area contributed by atoms with E-state index < -0.39 is 0 Å². The molecule has 142 valence electrons. The number of nitrogens with zero attached hydrogens (tertiary/aromatic N) is 1. The third kappa shape index (κ3) is 2.79. The van der Waals surface area contributed by atoms with Gasteiger partial charge in [0.15, 0.2) is 11.2 Å². The second-order valence-electron chi connectivity index (χ2n) is 7.92. The van der Waals surface area contributed by atoms with Crippen molar-refractivity contribution in [3.05, 3.63) is 45.3 Å². The minimum atomic E-state index is -0.380. The van der Waals surface area contributed by atoms with Gasteiger partial charge in [0.25, 0.3) is 0 Å². The van der Waals surface area contributed by atoms with Gasteiger partial charge in [-0.3, -0.25) is 14.4 Å². The number of aryl methyl sites for hydroxylation is 1. The van der Waals surface area contributed by atoms with Gasteiger partial charge < -0.3 is 14.6 Å². The van der Waals surface area contributed by atoms with E-state index in [4.69, 9.17) is 4.42 Å². The highest BCUT2D eigenvalue weighted by Gasteiger charge is 2.51. The Bertz CT molecular complexity index is 1000. The molecule has 27 heavy (non-hydrogen) atoms. The predicted molar refractivity (Wildman–Crippen MR) is 102 cm³/mol. The molecule has 2 aliphatic heterocycles. The van der Waals surface area contributed by atoms with Gasteiger partial charge in [-0.15, -0.1) is 0 Å². The molecule has 2 fully saturated rings. The number of piperidine rings is 1. The Labute approximate surface area is 157 Å². The lowest BCUT2D eigenvalue weighted by atomic mass is 9.76. The molecule has 1 aromatic carbocycles. The lowest BCUT2D eigenvalue weighted by Gasteiger charge is -2.31. The number of hydrogen-bond donors (Lipinski definition) is 1. The van der Waals surface area contributed by atoms with Gasteiger partial charge >= 0.3 is 0 Å². The predicted octanol–water partition coefficient (Wildman–Crippen LogP) is 2.58. The summed E-state index contributed by atoms with van der Waals surface area (Å²) in [5.41, 5.74) is 1.02. The number of amides is 1. The normalized spacial score (nSPS) is 22.0. The van der Waals surface area contributed by atoms with Gasteiger partial charge in [0.05, 0.1) is 22.4 Å². The standard InChI is InChI=1S/C21H24N2O4/c1-12-8-14(13(2)24)19-15(9-12)17(25)10-18(27-19)16-11-21(20(26)23(16)3)4-6-22-7-5-21/h8-10,16,22H,4-7,11H2,1-3H3. The summed E-state index contributed by atoms with van der Waals surface area (Å²) >= 11 is 0. The summed E-state index contributed by atoms with van der Waals surface area (Å²) < 4.78 is 6.10. The highest BCUT2D eigenvalue weighted by Crippen LogP contribution is 2.48. The van der Waals surface area contributed by atoms with Crippen molar-refractivity contribution in [2.24, 2.45) is 5.41 Å². The number of benzene rings is 1. The van der Waals surface area contributed by atoms with Gasteiger partial charge in [0.2, 0.25) is 5.91 Å². The smallest absolute Gasteiger partial charge is 0.229 e. The van der Waals surface area contributed by atoms with Crippen LogP contribution in [-0.2, 0) is 4.79 Å². The Morgan fingerprint density at radius 1 is 1.22 bits per heavy atom. The second-order valence-corrected chi connectivity index (χ2v) is 7.92. The number of carbonyl (C=O) groups is 2. The maximum absolute atomic E-state index is 13.0. The Morgan fingerprint density at radius 2 is 1.93 bits per heavy atom. The van der Waals surface area contributed by atoms with E-state index in [0.29, 0.717) is 28.7 Å². The molecule has 2 saturated heterocycles. The minimum Gasteiger partial charge on any atom is -0.458 e. The summed E-state index contributed by atoms with van der Waals surface area (Å²) in [7, 11) is 1.77. The van der Waals surface area contributed by atoms with Crippen molar-refractivity contribution >= 4 is 22.7 Å². The summed E-state index contributed by atoms with van der Waals surface area (Å²) in [5, 5.41) is 3.71. The molecule has 2 aromatic rings. The zero-order valence-electron chi connectivity index (χ0n) is 15.9. The first kappa shape index (κ1) is 17.9. The molecule has 6 heteroatoms. The first-order chi connectivity index (χ1) is 12.8. The summed E-state index contributed by atoms with van der Waals surface area (Å²) in [6.07, 6.45) is 2.23. The Morgan fingerprint density at radius 3 is 2.59 bits per heavy atom. The van der Waals surface area contributed by atoms with E-state index in [1.807, 2.05) is 6.92 Å². The van der Waals surface area contributed by atoms with Crippen LogP contribution in [0.15, 0.2) is 27.4 Å². The number of Topliss-reactive ketones (excluding diaryl/α,β-unsaturated/α-hetero) is 1. The lowest BCUT2D eigenvalue weighted by Crippen LogP contribution is -2.41. The van der Waals surface area contributed by atoms with Crippen LogP contribution in [0.1, 0.15) is 53.9 Å². The van der Waals surface area contributed by atoms with Crippen molar-refractivity contribution in [1.82, 2.24) is 10.2 Å². The van der Waals surface area contributed by atoms with Crippen LogP contribution in [0.5, 0.6) is 0 Å². The van der Waals surface area contributed by atoms with Crippen LogP contribution in [0.4, 0.5) is 0 Å². The largest absolute Gasteiger partial charge is 0.458 e. The van der Waals surface area contributed by atoms with Crippen molar-refractivity contribution in [2.45, 2.75) is 39.2 Å². The number of rotatable bonds is 2. The molecule has 0 saturated carbocycles. The fraction of sp³-hybridized carbons (Fsp3) is 0.476. The maximum Gasteiger partial charge on any atom is 0.229 e. The Kier molecular flexibility index (Phi) is 4.18. The fourth-order valence-corrected chi connectivity index (χ4v) is 4.57. The number of hydrogen-bond acceptors (Lipinski definition) is 5. The van der Waals surface area contributed by atoms with Crippen LogP contribution < -0.4 is 10.7 Å². The zero-order chi connectivity index (χ0) is 19.3. The molecule has 3 heterocycles. The van der Waals surface area contributed by atoms with Gasteiger partial charge in [-0.1, -0.05) is 0 Å². The fourth-order valence-electron chi connectivity index (χ4n) is 4.57. The van der Waals surface area contributed by atoms with Crippen molar-refractivity contribution in [3.8, 4) is 0 Å². The van der Waals surface area contributed by atoms with Gasteiger partial charge in [-0.05, 0) is 63.9 Å². The zero-order valence-corrected chi connectivity index (χ0v) is 15.9. The number of likely N-dealkylation sites (tertiary alicyclic amines) is 1. The number of fused-ring (bicyclic) bond motifs is 1. The molecule has 1 atom stereocenters. The molecule has 1 aromatic heterocycles. The SMILES string of the molecule is CC(=O)c1cc(C)cc2c(=O)cc(C3CC4(CCNCC4)C(=O)N3C)oc12. The van der Waals surface area contributed by atoms with Gasteiger partial charge in [0, 0.05) is 13.1 Å². The topological polar surface area (TPSA) is 79.6 Å². The van der Waals surface area contributed by atoms with E-state index in [0.717, 1.165) is 31.5 Å². The van der Waals surface area contributed by atoms with E-state index in [2.05, 4.69) is 5.32 Å². The average molecular weight is 368 g/mol. The minimum absolute atomic E-state index is 0.118. The third-order valence-corrected chi connectivity index (χ3v) is 6.09. The van der Waals surface area contributed by atoms with Crippen molar-refractivity contribution in [1.29, 1.82) is 0 Å². The van der Waals surface area contributed by atoms with Crippen molar-refractivity contribution in [3.63, 3.8) is 0 Å². The molecular weight excluding hydrogens is 344 g/mol. The van der Waals surface area contributed by atoms with E-state index in [1.54, 1.807) is 24.1 Å². The highest BCUT2D eigenvalue weighted by molar-refractivity contribution is 6.05. The molecule has 1 unspecified atom stereocenters. The molecule has 1 spiro atoms. The van der Waals surface area contributed by atoms with Crippen LogP contribution >= 0.6 is 0 Å². The van der Waals surface area contributed by atoms with E-state index in [-0.39, 0.29) is 28.6 Å². The molecule has 2 aliphatic rings. The maximum atomic E-state index is 13.0. The number of nitrogens with one attached hydrogen (secondary N) is 1. The third-order valence-electron chi connectivity index (χ3n) is 6.09. The summed E-state index contributed by atoms with van der Waals surface area (Å²) in [4.78, 5) is 39.5. The van der Waals surface area contributed by atoms with Gasteiger partial charge in [0.1, 0.15) is 11.3 Å². The summed E-state index contributed by atoms with van der Waals surface area (Å²) in [6, 6.07) is 4.69. The molecular formula is C21H24N2O4. The van der Waals surface area contributed by atoms with E-state index >= 15 is 0 Å². The first-order valence-electron chi connectivity index (χ1n) is 9.40. The van der Waals surface area contributed by atoms with Crippen LogP contribution in [0, 0.1) is 12.3 Å². The first-order valence-corrected chi connectivity index (χ1v) is 9.40. The van der Waals surface area contributed by atoms with Crippen LogP contribution in [0.25, 0.3) is 11.0 Å². The van der Waals surface area contributed by atoms with Crippen LogP contribution in [-0.4, -0.2) is 36.7 Å².